The van der Waals surface area contributed by atoms with E-state index in [1.807, 2.05) is 20.8 Å². The second-order valence-electron chi connectivity index (χ2n) is 4.03. The Morgan fingerprint density at radius 3 is 2.77 bits per heavy atom. The van der Waals surface area contributed by atoms with E-state index >= 15 is 0 Å². The summed E-state index contributed by atoms with van der Waals surface area (Å²) in [7, 11) is 0. The highest BCUT2D eigenvalue weighted by Gasteiger charge is 2.14. The Bertz CT molecular complexity index is 279. The molecule has 0 radical (unpaired) electrons. The van der Waals surface area contributed by atoms with Crippen LogP contribution in [-0.2, 0) is 6.54 Å². The third kappa shape index (κ3) is 2.89. The van der Waals surface area contributed by atoms with Gasteiger partial charge in [0.2, 0.25) is 0 Å². The molecule has 4 heteroatoms. The number of aromatic amines is 1. The smallest absolute Gasteiger partial charge is 0.0996 e. The van der Waals surface area contributed by atoms with Crippen molar-refractivity contribution in [2.75, 3.05) is 0 Å². The van der Waals surface area contributed by atoms with Gasteiger partial charge in [0.15, 0.2) is 0 Å². The fraction of sp³-hybridized carbons (Fsp3) is 0.556. The van der Waals surface area contributed by atoms with E-state index in [1.54, 1.807) is 12.5 Å². The third-order valence-corrected chi connectivity index (χ3v) is 1.74. The van der Waals surface area contributed by atoms with E-state index in [0.717, 1.165) is 5.69 Å². The molecule has 0 saturated heterocycles. The summed E-state index contributed by atoms with van der Waals surface area (Å²) >= 11 is 0. The average Bonchev–Trinajstić information content (AvgIpc) is 2.50. The molecule has 72 valence electrons. The van der Waals surface area contributed by atoms with Crippen molar-refractivity contribution >= 4 is 5.84 Å². The molecule has 4 nitrogen and oxygen atoms in total. The highest BCUT2D eigenvalue weighted by molar-refractivity contribution is 5.85. The lowest BCUT2D eigenvalue weighted by atomic mass is 9.95. The predicted octanol–water partition coefficient (Wildman–Crippen LogP) is 1.31. The number of nitrogens with two attached hydrogens (primary N) is 1. The molecule has 1 heterocycles. The van der Waals surface area contributed by atoms with Crippen molar-refractivity contribution in [2.45, 2.75) is 27.3 Å². The number of nitrogens with zero attached hydrogens (tertiary/aromatic N) is 2. The van der Waals surface area contributed by atoms with Crippen LogP contribution < -0.4 is 5.73 Å². The first-order valence-corrected chi connectivity index (χ1v) is 4.28. The quantitative estimate of drug-likeness (QED) is 0.532. The lowest BCUT2D eigenvalue weighted by Gasteiger charge is -2.16. The molecule has 0 amide bonds. The van der Waals surface area contributed by atoms with Crippen LogP contribution in [0.5, 0.6) is 0 Å². The van der Waals surface area contributed by atoms with Gasteiger partial charge in [0.05, 0.1) is 24.4 Å². The Kier molecular flexibility index (Phi) is 2.70. The normalized spacial score (nSPS) is 13.3. The summed E-state index contributed by atoms with van der Waals surface area (Å²) in [4.78, 5) is 11.1. The maximum atomic E-state index is 5.78. The molecule has 0 aliphatic heterocycles. The van der Waals surface area contributed by atoms with E-state index in [0.29, 0.717) is 12.4 Å². The van der Waals surface area contributed by atoms with Crippen LogP contribution in [0.3, 0.4) is 0 Å². The van der Waals surface area contributed by atoms with Crippen LogP contribution in [0.2, 0.25) is 0 Å². The molecule has 1 aromatic heterocycles. The molecular weight excluding hydrogens is 164 g/mol. The summed E-state index contributed by atoms with van der Waals surface area (Å²) in [5.74, 6) is 0.669. The summed E-state index contributed by atoms with van der Waals surface area (Å²) in [5, 5.41) is 0. The summed E-state index contributed by atoms with van der Waals surface area (Å²) in [6.07, 6.45) is 3.39. The van der Waals surface area contributed by atoms with Crippen LogP contribution in [0, 0.1) is 5.41 Å². The molecule has 1 aromatic rings. The molecule has 3 N–H and O–H groups in total. The van der Waals surface area contributed by atoms with E-state index in [1.165, 1.54) is 0 Å². The zero-order chi connectivity index (χ0) is 9.90. The van der Waals surface area contributed by atoms with Crippen LogP contribution in [0.25, 0.3) is 0 Å². The van der Waals surface area contributed by atoms with Gasteiger partial charge in [-0.2, -0.15) is 0 Å². The van der Waals surface area contributed by atoms with Crippen LogP contribution >= 0.6 is 0 Å². The Morgan fingerprint density at radius 1 is 1.62 bits per heavy atom. The van der Waals surface area contributed by atoms with E-state index in [4.69, 9.17) is 5.73 Å². The number of aromatic nitrogens is 2. The largest absolute Gasteiger partial charge is 0.387 e. The second-order valence-corrected chi connectivity index (χ2v) is 4.03. The summed E-state index contributed by atoms with van der Waals surface area (Å²) in [6, 6.07) is 0. The van der Waals surface area contributed by atoms with Gasteiger partial charge in [0.25, 0.3) is 0 Å². The fourth-order valence-electron chi connectivity index (χ4n) is 0.779. The first kappa shape index (κ1) is 9.77. The van der Waals surface area contributed by atoms with E-state index in [2.05, 4.69) is 15.0 Å². The number of rotatable bonds is 2. The SMILES string of the molecule is CC(C)(C)C(N)=NCc1cnc[nH]1. The van der Waals surface area contributed by atoms with Gasteiger partial charge >= 0.3 is 0 Å². The molecule has 0 bridgehead atoms. The summed E-state index contributed by atoms with van der Waals surface area (Å²) in [6.45, 7) is 6.69. The zero-order valence-electron chi connectivity index (χ0n) is 8.33. The van der Waals surface area contributed by atoms with Crippen molar-refractivity contribution in [3.05, 3.63) is 18.2 Å². The lowest BCUT2D eigenvalue weighted by Crippen LogP contribution is -2.29. The van der Waals surface area contributed by atoms with Crippen molar-refractivity contribution in [3.63, 3.8) is 0 Å². The van der Waals surface area contributed by atoms with E-state index in [9.17, 15) is 0 Å². The number of imidazole rings is 1. The van der Waals surface area contributed by atoms with E-state index < -0.39 is 0 Å². The highest BCUT2D eigenvalue weighted by Crippen LogP contribution is 2.13. The van der Waals surface area contributed by atoms with Crippen LogP contribution in [-0.4, -0.2) is 15.8 Å². The topological polar surface area (TPSA) is 67.1 Å². The maximum Gasteiger partial charge on any atom is 0.0996 e. The Morgan fingerprint density at radius 2 is 2.31 bits per heavy atom. The van der Waals surface area contributed by atoms with Crippen molar-refractivity contribution in [3.8, 4) is 0 Å². The monoisotopic (exact) mass is 180 g/mol. The van der Waals surface area contributed by atoms with Gasteiger partial charge in [0, 0.05) is 11.6 Å². The molecule has 0 aliphatic carbocycles. The number of nitrogens with one attached hydrogen (secondary N) is 1. The number of hydrogen-bond donors (Lipinski definition) is 2. The maximum absolute atomic E-state index is 5.78. The van der Waals surface area contributed by atoms with E-state index in [-0.39, 0.29) is 5.41 Å². The minimum absolute atomic E-state index is 0.0555. The Balaban J connectivity index is 2.59. The van der Waals surface area contributed by atoms with Crippen molar-refractivity contribution in [1.29, 1.82) is 0 Å². The molecule has 1 rings (SSSR count). The fourth-order valence-corrected chi connectivity index (χ4v) is 0.779. The molecule has 0 saturated carbocycles. The third-order valence-electron chi connectivity index (χ3n) is 1.74. The van der Waals surface area contributed by atoms with Crippen LogP contribution in [0.1, 0.15) is 26.5 Å². The molecule has 13 heavy (non-hydrogen) atoms. The molecule has 0 aromatic carbocycles. The number of aliphatic imine (C=N–C) groups is 1. The standard InChI is InChI=1S/C9H16N4/c1-9(2,3)8(10)12-5-7-4-11-6-13-7/h4,6H,5H2,1-3H3,(H2,10,12)(H,11,13). The van der Waals surface area contributed by atoms with Gasteiger partial charge in [-0.05, 0) is 0 Å². The molecule has 0 atom stereocenters. The number of hydrogen-bond acceptors (Lipinski definition) is 2. The first-order valence-electron chi connectivity index (χ1n) is 4.28. The van der Waals surface area contributed by atoms with Gasteiger partial charge < -0.3 is 10.7 Å². The van der Waals surface area contributed by atoms with Gasteiger partial charge in [-0.15, -0.1) is 0 Å². The minimum Gasteiger partial charge on any atom is -0.387 e. The lowest BCUT2D eigenvalue weighted by molar-refractivity contribution is 0.581. The van der Waals surface area contributed by atoms with Gasteiger partial charge in [-0.3, -0.25) is 4.99 Å². The number of amidine groups is 1. The average molecular weight is 180 g/mol. The zero-order valence-corrected chi connectivity index (χ0v) is 8.33. The van der Waals surface area contributed by atoms with Gasteiger partial charge in [-0.25, -0.2) is 4.98 Å². The van der Waals surface area contributed by atoms with Crippen molar-refractivity contribution in [1.82, 2.24) is 9.97 Å². The summed E-state index contributed by atoms with van der Waals surface area (Å²) < 4.78 is 0. The van der Waals surface area contributed by atoms with Crippen molar-refractivity contribution in [2.24, 2.45) is 16.1 Å². The molecule has 0 fully saturated rings. The van der Waals surface area contributed by atoms with Gasteiger partial charge in [0.1, 0.15) is 0 Å². The minimum atomic E-state index is -0.0555. The summed E-state index contributed by atoms with van der Waals surface area (Å²) in [5.41, 5.74) is 6.71. The second kappa shape index (κ2) is 3.60. The molecular formula is C9H16N4. The Labute approximate surface area is 78.3 Å². The Hall–Kier alpha value is -1.32. The number of H-pyrrole nitrogens is 1. The van der Waals surface area contributed by atoms with Gasteiger partial charge in [-0.1, -0.05) is 20.8 Å². The van der Waals surface area contributed by atoms with Crippen LogP contribution in [0.4, 0.5) is 0 Å². The van der Waals surface area contributed by atoms with Crippen molar-refractivity contribution < 1.29 is 0 Å². The highest BCUT2D eigenvalue weighted by atomic mass is 14.9. The first-order chi connectivity index (χ1) is 6.00. The molecule has 0 unspecified atom stereocenters. The predicted molar refractivity (Wildman–Crippen MR) is 53.4 cm³/mol. The molecule has 0 aliphatic rings. The van der Waals surface area contributed by atoms with Crippen LogP contribution in [0.15, 0.2) is 17.5 Å². The molecule has 0 spiro atoms.